The van der Waals surface area contributed by atoms with Crippen LogP contribution in [0.25, 0.3) is 0 Å². The fourth-order valence-electron chi connectivity index (χ4n) is 1.31. The third-order valence-corrected chi connectivity index (χ3v) is 3.03. The summed E-state index contributed by atoms with van der Waals surface area (Å²) in [4.78, 5) is 4.33. The van der Waals surface area contributed by atoms with Crippen molar-refractivity contribution >= 4 is 0 Å². The number of ether oxygens (including phenoxy) is 1. The Morgan fingerprint density at radius 2 is 2.19 bits per heavy atom. The Morgan fingerprint density at radius 1 is 1.50 bits per heavy atom. The topological polar surface area (TPSA) is 74.2 Å². The average molecular weight is 227 g/mol. The molecule has 0 aliphatic carbocycles. The van der Waals surface area contributed by atoms with E-state index < -0.39 is 5.60 Å². The predicted molar refractivity (Wildman–Crippen MR) is 60.9 cm³/mol. The Balaban J connectivity index is 2.78. The van der Waals surface area contributed by atoms with Gasteiger partial charge in [0.2, 0.25) is 11.7 Å². The van der Waals surface area contributed by atoms with Gasteiger partial charge >= 0.3 is 0 Å². The van der Waals surface area contributed by atoms with E-state index in [2.05, 4.69) is 10.1 Å². The van der Waals surface area contributed by atoms with Crippen LogP contribution in [-0.2, 0) is 16.8 Å². The summed E-state index contributed by atoms with van der Waals surface area (Å²) >= 11 is 0. The summed E-state index contributed by atoms with van der Waals surface area (Å²) < 4.78 is 10.6. The smallest absolute Gasteiger partial charge is 0.228 e. The van der Waals surface area contributed by atoms with E-state index in [-0.39, 0.29) is 6.04 Å². The lowest BCUT2D eigenvalue weighted by molar-refractivity contribution is -0.0106. The zero-order valence-corrected chi connectivity index (χ0v) is 10.5. The third-order valence-electron chi connectivity index (χ3n) is 3.03. The van der Waals surface area contributed by atoms with Crippen molar-refractivity contribution < 1.29 is 9.26 Å². The van der Waals surface area contributed by atoms with Gasteiger partial charge in [0.1, 0.15) is 5.60 Å². The second-order valence-electron chi connectivity index (χ2n) is 4.17. The number of nitrogens with two attached hydrogens (primary N) is 1. The van der Waals surface area contributed by atoms with E-state index >= 15 is 0 Å². The Morgan fingerprint density at radius 3 is 2.69 bits per heavy atom. The molecule has 2 atom stereocenters. The van der Waals surface area contributed by atoms with Crippen LogP contribution in [0.1, 0.15) is 45.3 Å². The molecule has 0 aliphatic heterocycles. The molecule has 2 N–H and O–H groups in total. The number of hydrogen-bond acceptors (Lipinski definition) is 5. The summed E-state index contributed by atoms with van der Waals surface area (Å²) in [7, 11) is 1.65. The van der Waals surface area contributed by atoms with Gasteiger partial charge in [0.05, 0.1) is 0 Å². The molecule has 5 nitrogen and oxygen atoms in total. The molecule has 0 aromatic carbocycles. The molecule has 0 spiro atoms. The maximum atomic E-state index is 5.83. The van der Waals surface area contributed by atoms with Gasteiger partial charge in [-0.1, -0.05) is 19.0 Å². The Labute approximate surface area is 96.4 Å². The zero-order chi connectivity index (χ0) is 12.2. The van der Waals surface area contributed by atoms with Crippen molar-refractivity contribution in [1.82, 2.24) is 10.1 Å². The van der Waals surface area contributed by atoms with Gasteiger partial charge in [-0.3, -0.25) is 0 Å². The maximum absolute atomic E-state index is 5.83. The monoisotopic (exact) mass is 227 g/mol. The Kier molecular flexibility index (Phi) is 4.44. The van der Waals surface area contributed by atoms with Crippen LogP contribution in [0, 0.1) is 0 Å². The van der Waals surface area contributed by atoms with Gasteiger partial charge in [-0.25, -0.2) is 0 Å². The molecule has 1 rings (SSSR count). The molecule has 0 radical (unpaired) electrons. The number of nitrogens with zero attached hydrogens (tertiary/aromatic N) is 2. The third kappa shape index (κ3) is 2.80. The SMILES string of the molecule is CCC(N)Cc1nc(C(C)(CC)OC)no1. The lowest BCUT2D eigenvalue weighted by atomic mass is 10.0. The molecule has 0 aliphatic rings. The first kappa shape index (κ1) is 13.1. The van der Waals surface area contributed by atoms with Gasteiger partial charge in [0.25, 0.3) is 0 Å². The summed E-state index contributed by atoms with van der Waals surface area (Å²) in [6, 6.07) is 0.0729. The van der Waals surface area contributed by atoms with Crippen LogP contribution >= 0.6 is 0 Å². The van der Waals surface area contributed by atoms with E-state index in [1.54, 1.807) is 7.11 Å². The van der Waals surface area contributed by atoms with Crippen LogP contribution < -0.4 is 5.73 Å². The molecule has 1 aromatic heterocycles. The molecule has 0 saturated heterocycles. The molecule has 92 valence electrons. The van der Waals surface area contributed by atoms with E-state index in [0.717, 1.165) is 12.8 Å². The molecule has 1 heterocycles. The summed E-state index contributed by atoms with van der Waals surface area (Å²) in [6.45, 7) is 6.01. The van der Waals surface area contributed by atoms with Gasteiger partial charge in [-0.2, -0.15) is 4.98 Å². The number of rotatable bonds is 6. The predicted octanol–water partition coefficient (Wildman–Crippen LogP) is 1.62. The van der Waals surface area contributed by atoms with Crippen LogP contribution in [0.15, 0.2) is 4.52 Å². The highest BCUT2D eigenvalue weighted by Crippen LogP contribution is 2.25. The first-order valence-corrected chi connectivity index (χ1v) is 5.69. The van der Waals surface area contributed by atoms with Crippen molar-refractivity contribution in [2.75, 3.05) is 7.11 Å². The Bertz CT molecular complexity index is 321. The van der Waals surface area contributed by atoms with Gasteiger partial charge in [-0.05, 0) is 19.8 Å². The lowest BCUT2D eigenvalue weighted by Crippen LogP contribution is -2.25. The number of methoxy groups -OCH3 is 1. The van der Waals surface area contributed by atoms with E-state index in [1.807, 2.05) is 20.8 Å². The summed E-state index contributed by atoms with van der Waals surface area (Å²) in [6.07, 6.45) is 2.31. The van der Waals surface area contributed by atoms with E-state index in [0.29, 0.717) is 18.1 Å². The minimum atomic E-state index is -0.474. The fourth-order valence-corrected chi connectivity index (χ4v) is 1.31. The molecule has 0 amide bonds. The first-order chi connectivity index (χ1) is 7.55. The van der Waals surface area contributed by atoms with Crippen molar-refractivity contribution in [2.24, 2.45) is 5.73 Å². The second kappa shape index (κ2) is 5.41. The van der Waals surface area contributed by atoms with Crippen molar-refractivity contribution in [1.29, 1.82) is 0 Å². The van der Waals surface area contributed by atoms with E-state index in [9.17, 15) is 0 Å². The second-order valence-corrected chi connectivity index (χ2v) is 4.17. The highest BCUT2D eigenvalue weighted by molar-refractivity contribution is 4.99. The molecule has 0 saturated carbocycles. The first-order valence-electron chi connectivity index (χ1n) is 5.69. The standard InChI is InChI=1S/C11H21N3O2/c1-5-8(12)7-9-13-10(14-16-9)11(3,6-2)15-4/h8H,5-7,12H2,1-4H3. The largest absolute Gasteiger partial charge is 0.370 e. The highest BCUT2D eigenvalue weighted by atomic mass is 16.5. The molecule has 0 fully saturated rings. The fraction of sp³-hybridized carbons (Fsp3) is 0.818. The molecule has 2 unspecified atom stereocenters. The van der Waals surface area contributed by atoms with Gasteiger partial charge in [0, 0.05) is 19.6 Å². The summed E-state index contributed by atoms with van der Waals surface area (Å²) in [5, 5.41) is 3.95. The van der Waals surface area contributed by atoms with Crippen LogP contribution in [0.4, 0.5) is 0 Å². The van der Waals surface area contributed by atoms with Crippen molar-refractivity contribution in [3.05, 3.63) is 11.7 Å². The molecular formula is C11H21N3O2. The van der Waals surface area contributed by atoms with Gasteiger partial charge in [0.15, 0.2) is 0 Å². The summed E-state index contributed by atoms with van der Waals surface area (Å²) in [5.41, 5.74) is 5.36. The molecule has 1 aromatic rings. The average Bonchev–Trinajstić information content (AvgIpc) is 2.76. The van der Waals surface area contributed by atoms with E-state index in [1.165, 1.54) is 0 Å². The molecule has 16 heavy (non-hydrogen) atoms. The quantitative estimate of drug-likeness (QED) is 0.799. The normalized spacial score (nSPS) is 17.1. The summed E-state index contributed by atoms with van der Waals surface area (Å²) in [5.74, 6) is 1.18. The zero-order valence-electron chi connectivity index (χ0n) is 10.5. The molecule has 0 bridgehead atoms. The van der Waals surface area contributed by atoms with Crippen LogP contribution in [-0.4, -0.2) is 23.3 Å². The maximum Gasteiger partial charge on any atom is 0.228 e. The molecule has 5 heteroatoms. The van der Waals surface area contributed by atoms with Crippen molar-refractivity contribution in [2.45, 2.75) is 51.7 Å². The molecular weight excluding hydrogens is 206 g/mol. The minimum absolute atomic E-state index is 0.0729. The lowest BCUT2D eigenvalue weighted by Gasteiger charge is -2.21. The van der Waals surface area contributed by atoms with Gasteiger partial charge < -0.3 is 15.0 Å². The minimum Gasteiger partial charge on any atom is -0.370 e. The van der Waals surface area contributed by atoms with Crippen molar-refractivity contribution in [3.8, 4) is 0 Å². The highest BCUT2D eigenvalue weighted by Gasteiger charge is 2.30. The Hall–Kier alpha value is -0.940. The van der Waals surface area contributed by atoms with Crippen molar-refractivity contribution in [3.63, 3.8) is 0 Å². The van der Waals surface area contributed by atoms with Gasteiger partial charge in [-0.15, -0.1) is 0 Å². The number of aromatic nitrogens is 2. The van der Waals surface area contributed by atoms with Crippen LogP contribution in [0.5, 0.6) is 0 Å². The van der Waals surface area contributed by atoms with E-state index in [4.69, 9.17) is 15.0 Å². The number of hydrogen-bond donors (Lipinski definition) is 1. The van der Waals surface area contributed by atoms with Crippen LogP contribution in [0.2, 0.25) is 0 Å². The van der Waals surface area contributed by atoms with Crippen LogP contribution in [0.3, 0.4) is 0 Å².